The van der Waals surface area contributed by atoms with Crippen LogP contribution in [-0.4, -0.2) is 37.7 Å². The molecule has 0 aliphatic heterocycles. The SMILES string of the molecule is C=CC(=O)OCCCCCC(=O)OCC(C)(C)C(=O)OCC. The molecule has 6 nitrogen and oxygen atoms in total. The van der Waals surface area contributed by atoms with Gasteiger partial charge in [-0.05, 0) is 40.0 Å². The van der Waals surface area contributed by atoms with Gasteiger partial charge in [0.25, 0.3) is 0 Å². The van der Waals surface area contributed by atoms with Crippen molar-refractivity contribution in [1.29, 1.82) is 0 Å². The van der Waals surface area contributed by atoms with Gasteiger partial charge in [-0.2, -0.15) is 0 Å². The molecule has 0 N–H and O–H groups in total. The Bertz CT molecular complexity index is 386. The fraction of sp³-hybridized carbons (Fsp3) is 0.688. The van der Waals surface area contributed by atoms with E-state index in [0.717, 1.165) is 12.5 Å². The van der Waals surface area contributed by atoms with E-state index in [4.69, 9.17) is 14.2 Å². The maximum Gasteiger partial charge on any atom is 0.330 e. The third kappa shape index (κ3) is 9.15. The fourth-order valence-electron chi connectivity index (χ4n) is 1.50. The number of carbonyl (C=O) groups is 3. The van der Waals surface area contributed by atoms with Gasteiger partial charge in [0, 0.05) is 12.5 Å². The van der Waals surface area contributed by atoms with Crippen molar-refractivity contribution in [2.45, 2.75) is 46.5 Å². The summed E-state index contributed by atoms with van der Waals surface area (Å²) < 4.78 is 14.8. The Hall–Kier alpha value is -1.85. The lowest BCUT2D eigenvalue weighted by Gasteiger charge is -2.21. The topological polar surface area (TPSA) is 78.9 Å². The number of ether oxygens (including phenoxy) is 3. The van der Waals surface area contributed by atoms with E-state index in [9.17, 15) is 14.4 Å². The molecule has 0 amide bonds. The minimum absolute atomic E-state index is 0.00160. The molecule has 0 aliphatic rings. The van der Waals surface area contributed by atoms with E-state index < -0.39 is 11.4 Å². The summed E-state index contributed by atoms with van der Waals surface area (Å²) in [5, 5.41) is 0. The van der Waals surface area contributed by atoms with Crippen molar-refractivity contribution in [1.82, 2.24) is 0 Å². The first-order valence-corrected chi connectivity index (χ1v) is 7.45. The number of unbranched alkanes of at least 4 members (excludes halogenated alkanes) is 2. The highest BCUT2D eigenvalue weighted by Crippen LogP contribution is 2.18. The average molecular weight is 314 g/mol. The third-order valence-electron chi connectivity index (χ3n) is 2.86. The van der Waals surface area contributed by atoms with E-state index in [0.29, 0.717) is 26.1 Å². The second kappa shape index (κ2) is 10.8. The third-order valence-corrected chi connectivity index (χ3v) is 2.86. The van der Waals surface area contributed by atoms with E-state index in [1.54, 1.807) is 20.8 Å². The van der Waals surface area contributed by atoms with Crippen molar-refractivity contribution in [2.24, 2.45) is 5.41 Å². The highest BCUT2D eigenvalue weighted by molar-refractivity contribution is 5.81. The molecule has 0 fully saturated rings. The molecule has 0 unspecified atom stereocenters. The Morgan fingerprint density at radius 3 is 2.32 bits per heavy atom. The largest absolute Gasteiger partial charge is 0.465 e. The summed E-state index contributed by atoms with van der Waals surface area (Å²) in [6.07, 6.45) is 3.46. The number of hydrogen-bond acceptors (Lipinski definition) is 6. The summed E-state index contributed by atoms with van der Waals surface area (Å²) in [6, 6.07) is 0. The van der Waals surface area contributed by atoms with Crippen LogP contribution in [0.3, 0.4) is 0 Å². The number of carbonyl (C=O) groups excluding carboxylic acids is 3. The molecule has 0 radical (unpaired) electrons. The smallest absolute Gasteiger partial charge is 0.330 e. The maximum atomic E-state index is 11.6. The van der Waals surface area contributed by atoms with Gasteiger partial charge in [-0.25, -0.2) is 4.79 Å². The summed E-state index contributed by atoms with van der Waals surface area (Å²) in [4.78, 5) is 34.0. The molecule has 0 aromatic carbocycles. The van der Waals surface area contributed by atoms with Crippen molar-refractivity contribution in [3.05, 3.63) is 12.7 Å². The summed E-state index contributed by atoms with van der Waals surface area (Å²) in [6.45, 7) is 8.98. The second-order valence-corrected chi connectivity index (χ2v) is 5.45. The highest BCUT2D eigenvalue weighted by atomic mass is 16.6. The number of esters is 3. The van der Waals surface area contributed by atoms with Crippen LogP contribution in [-0.2, 0) is 28.6 Å². The van der Waals surface area contributed by atoms with Crippen LogP contribution in [0.4, 0.5) is 0 Å². The zero-order valence-electron chi connectivity index (χ0n) is 13.7. The van der Waals surface area contributed by atoms with Crippen LogP contribution < -0.4 is 0 Å². The second-order valence-electron chi connectivity index (χ2n) is 5.45. The van der Waals surface area contributed by atoms with Crippen LogP contribution in [0.2, 0.25) is 0 Å². The van der Waals surface area contributed by atoms with Crippen molar-refractivity contribution < 1.29 is 28.6 Å². The molecule has 0 aromatic heterocycles. The highest BCUT2D eigenvalue weighted by Gasteiger charge is 2.30. The summed E-state index contributed by atoms with van der Waals surface area (Å²) in [5.74, 6) is -1.17. The van der Waals surface area contributed by atoms with Gasteiger partial charge in [0.15, 0.2) is 0 Å². The van der Waals surface area contributed by atoms with Gasteiger partial charge in [-0.1, -0.05) is 6.58 Å². The number of hydrogen-bond donors (Lipinski definition) is 0. The van der Waals surface area contributed by atoms with E-state index in [2.05, 4.69) is 6.58 Å². The maximum absolute atomic E-state index is 11.6. The molecule has 0 saturated heterocycles. The first-order valence-electron chi connectivity index (χ1n) is 7.45. The quantitative estimate of drug-likeness (QED) is 0.252. The van der Waals surface area contributed by atoms with Crippen LogP contribution in [0.1, 0.15) is 46.5 Å². The van der Waals surface area contributed by atoms with E-state index >= 15 is 0 Å². The first kappa shape index (κ1) is 20.1. The van der Waals surface area contributed by atoms with Gasteiger partial charge in [-0.15, -0.1) is 0 Å². The van der Waals surface area contributed by atoms with Gasteiger partial charge in [0.05, 0.1) is 18.6 Å². The van der Waals surface area contributed by atoms with Crippen LogP contribution >= 0.6 is 0 Å². The standard InChI is InChI=1S/C16H26O6/c1-5-13(17)21-11-9-7-8-10-14(18)22-12-16(3,4)15(19)20-6-2/h5H,1,6-12H2,2-4H3. The summed E-state index contributed by atoms with van der Waals surface area (Å²) in [7, 11) is 0. The molecule has 22 heavy (non-hydrogen) atoms. The molecule has 0 spiro atoms. The zero-order valence-corrected chi connectivity index (χ0v) is 13.7. The fourth-order valence-corrected chi connectivity index (χ4v) is 1.50. The predicted molar refractivity (Wildman–Crippen MR) is 81.0 cm³/mol. The lowest BCUT2D eigenvalue weighted by molar-refractivity contribution is -0.161. The molecule has 0 aliphatic carbocycles. The normalized spacial score (nSPS) is 10.7. The molecule has 0 heterocycles. The Morgan fingerprint density at radius 1 is 1.05 bits per heavy atom. The van der Waals surface area contributed by atoms with Gasteiger partial charge < -0.3 is 14.2 Å². The lowest BCUT2D eigenvalue weighted by atomic mass is 9.95. The summed E-state index contributed by atoms with van der Waals surface area (Å²) in [5.41, 5.74) is -0.843. The average Bonchev–Trinajstić information content (AvgIpc) is 2.48. The molecule has 0 rings (SSSR count). The number of rotatable bonds is 11. The monoisotopic (exact) mass is 314 g/mol. The van der Waals surface area contributed by atoms with Gasteiger partial charge in [0.2, 0.25) is 0 Å². The van der Waals surface area contributed by atoms with Crippen LogP contribution in [0.5, 0.6) is 0 Å². The minimum atomic E-state index is -0.843. The predicted octanol–water partition coefficient (Wildman–Crippen LogP) is 2.41. The van der Waals surface area contributed by atoms with Crippen molar-refractivity contribution in [3.8, 4) is 0 Å². The van der Waals surface area contributed by atoms with E-state index in [-0.39, 0.29) is 25.0 Å². The van der Waals surface area contributed by atoms with Gasteiger partial charge in [-0.3, -0.25) is 9.59 Å². The Balaban J connectivity index is 3.76. The molecule has 0 aromatic rings. The van der Waals surface area contributed by atoms with Gasteiger partial charge in [0.1, 0.15) is 6.61 Å². The van der Waals surface area contributed by atoms with Crippen LogP contribution in [0, 0.1) is 5.41 Å². The minimum Gasteiger partial charge on any atom is -0.465 e. The van der Waals surface area contributed by atoms with E-state index in [1.165, 1.54) is 0 Å². The molecular weight excluding hydrogens is 288 g/mol. The molecular formula is C16H26O6. The molecule has 126 valence electrons. The Labute approximate surface area is 131 Å². The first-order chi connectivity index (χ1) is 10.3. The molecule has 0 atom stereocenters. The Morgan fingerprint density at radius 2 is 1.73 bits per heavy atom. The van der Waals surface area contributed by atoms with Crippen molar-refractivity contribution in [3.63, 3.8) is 0 Å². The van der Waals surface area contributed by atoms with E-state index in [1.807, 2.05) is 0 Å². The van der Waals surface area contributed by atoms with Crippen molar-refractivity contribution >= 4 is 17.9 Å². The lowest BCUT2D eigenvalue weighted by Crippen LogP contribution is -2.32. The van der Waals surface area contributed by atoms with Crippen LogP contribution in [0.15, 0.2) is 12.7 Å². The molecule has 6 heteroatoms. The van der Waals surface area contributed by atoms with Crippen molar-refractivity contribution in [2.75, 3.05) is 19.8 Å². The Kier molecular flexibility index (Phi) is 9.91. The van der Waals surface area contributed by atoms with Crippen LogP contribution in [0.25, 0.3) is 0 Å². The summed E-state index contributed by atoms with van der Waals surface area (Å²) >= 11 is 0. The van der Waals surface area contributed by atoms with Gasteiger partial charge >= 0.3 is 17.9 Å². The molecule has 0 saturated carbocycles. The zero-order chi connectivity index (χ0) is 17.0. The molecule has 0 bridgehead atoms.